The van der Waals surface area contributed by atoms with Gasteiger partial charge in [0.05, 0.1) is 0 Å². The fourth-order valence-corrected chi connectivity index (χ4v) is 3.02. The van der Waals surface area contributed by atoms with Crippen molar-refractivity contribution in [2.75, 3.05) is 23.7 Å². The van der Waals surface area contributed by atoms with Gasteiger partial charge in [-0.1, -0.05) is 48.9 Å². The molecule has 0 bridgehead atoms. The molecule has 0 aliphatic heterocycles. The van der Waals surface area contributed by atoms with E-state index < -0.39 is 0 Å². The van der Waals surface area contributed by atoms with Crippen molar-refractivity contribution in [2.24, 2.45) is 21.5 Å². The SMILES string of the molecule is NC(=NCCCCCCCCN=C(N)Nc1ccc(Cl)cc1)Nc1ccc(Cl)cc1. The lowest BCUT2D eigenvalue weighted by Gasteiger charge is -2.06. The number of nitrogens with two attached hydrogens (primary N) is 2. The van der Waals surface area contributed by atoms with Crippen molar-refractivity contribution in [1.29, 1.82) is 0 Å². The van der Waals surface area contributed by atoms with Gasteiger partial charge in [0.2, 0.25) is 0 Å². The summed E-state index contributed by atoms with van der Waals surface area (Å²) in [6.07, 6.45) is 6.70. The van der Waals surface area contributed by atoms with Crippen LogP contribution in [-0.2, 0) is 0 Å². The third-order valence-electron chi connectivity index (χ3n) is 4.36. The summed E-state index contributed by atoms with van der Waals surface area (Å²) in [5, 5.41) is 7.50. The van der Waals surface area contributed by atoms with Crippen molar-refractivity contribution >= 4 is 46.5 Å². The minimum atomic E-state index is 0.431. The first-order chi connectivity index (χ1) is 14.5. The molecule has 2 aromatic rings. The minimum Gasteiger partial charge on any atom is -0.370 e. The molecular weight excluding hydrogens is 419 g/mol. The Morgan fingerprint density at radius 3 is 1.30 bits per heavy atom. The maximum absolute atomic E-state index is 5.89. The number of nitrogens with zero attached hydrogens (tertiary/aromatic N) is 2. The van der Waals surface area contributed by atoms with Gasteiger partial charge in [-0.05, 0) is 61.4 Å². The second-order valence-corrected chi connectivity index (χ2v) is 7.79. The number of rotatable bonds is 11. The van der Waals surface area contributed by atoms with Crippen LogP contribution in [0.2, 0.25) is 10.0 Å². The van der Waals surface area contributed by atoms with E-state index in [1.165, 1.54) is 12.8 Å². The molecule has 30 heavy (non-hydrogen) atoms. The first-order valence-electron chi connectivity index (χ1n) is 10.2. The van der Waals surface area contributed by atoms with Crippen molar-refractivity contribution in [1.82, 2.24) is 0 Å². The van der Waals surface area contributed by atoms with E-state index in [0.717, 1.165) is 50.1 Å². The summed E-state index contributed by atoms with van der Waals surface area (Å²) < 4.78 is 0. The number of nitrogens with one attached hydrogen (secondary N) is 2. The molecule has 162 valence electrons. The Morgan fingerprint density at radius 2 is 0.933 bits per heavy atom. The highest BCUT2D eigenvalue weighted by Gasteiger charge is 1.97. The summed E-state index contributed by atoms with van der Waals surface area (Å²) in [4.78, 5) is 8.70. The molecule has 0 aliphatic carbocycles. The van der Waals surface area contributed by atoms with E-state index in [4.69, 9.17) is 34.7 Å². The highest BCUT2D eigenvalue weighted by molar-refractivity contribution is 6.31. The first-order valence-corrected chi connectivity index (χ1v) is 10.9. The Bertz CT molecular complexity index is 734. The van der Waals surface area contributed by atoms with Crippen molar-refractivity contribution in [2.45, 2.75) is 38.5 Å². The van der Waals surface area contributed by atoms with Gasteiger partial charge < -0.3 is 22.1 Å². The monoisotopic (exact) mass is 448 g/mol. The maximum atomic E-state index is 5.89. The molecule has 0 aliphatic rings. The number of anilines is 2. The Balaban J connectivity index is 1.47. The molecule has 0 fully saturated rings. The van der Waals surface area contributed by atoms with Gasteiger partial charge in [-0.2, -0.15) is 0 Å². The summed E-state index contributed by atoms with van der Waals surface area (Å²) in [5.41, 5.74) is 13.5. The fourth-order valence-electron chi connectivity index (χ4n) is 2.77. The zero-order valence-electron chi connectivity index (χ0n) is 17.1. The molecule has 0 spiro atoms. The number of unbranched alkanes of at least 4 members (excludes halogenated alkanes) is 5. The van der Waals surface area contributed by atoms with Gasteiger partial charge in [-0.3, -0.25) is 9.98 Å². The zero-order chi connectivity index (χ0) is 21.6. The Kier molecular flexibility index (Phi) is 10.9. The van der Waals surface area contributed by atoms with E-state index in [2.05, 4.69) is 20.6 Å². The lowest BCUT2D eigenvalue weighted by molar-refractivity contribution is 0.602. The molecule has 0 heterocycles. The number of aliphatic imine (C=N–C) groups is 2. The molecule has 8 heteroatoms. The summed E-state index contributed by atoms with van der Waals surface area (Å²) >= 11 is 11.7. The van der Waals surface area contributed by atoms with Gasteiger partial charge in [0.25, 0.3) is 0 Å². The molecule has 2 rings (SSSR count). The van der Waals surface area contributed by atoms with Gasteiger partial charge >= 0.3 is 0 Å². The van der Waals surface area contributed by atoms with Crippen LogP contribution in [0.3, 0.4) is 0 Å². The molecule has 6 nitrogen and oxygen atoms in total. The third kappa shape index (κ3) is 10.4. The fraction of sp³-hybridized carbons (Fsp3) is 0.364. The van der Waals surface area contributed by atoms with Crippen LogP contribution in [0.4, 0.5) is 11.4 Å². The normalized spacial score (nSPS) is 12.1. The van der Waals surface area contributed by atoms with Gasteiger partial charge in [-0.15, -0.1) is 0 Å². The van der Waals surface area contributed by atoms with E-state index in [9.17, 15) is 0 Å². The molecule has 0 radical (unpaired) electrons. The maximum Gasteiger partial charge on any atom is 0.193 e. The lowest BCUT2D eigenvalue weighted by Crippen LogP contribution is -2.22. The Morgan fingerprint density at radius 1 is 0.600 bits per heavy atom. The molecule has 0 amide bonds. The van der Waals surface area contributed by atoms with Crippen molar-refractivity contribution in [3.05, 3.63) is 58.6 Å². The Labute approximate surface area is 188 Å². The van der Waals surface area contributed by atoms with Gasteiger partial charge in [-0.25, -0.2) is 0 Å². The largest absolute Gasteiger partial charge is 0.370 e. The van der Waals surface area contributed by atoms with Crippen LogP contribution < -0.4 is 22.1 Å². The molecule has 6 N–H and O–H groups in total. The predicted octanol–water partition coefficient (Wildman–Crippen LogP) is 5.49. The molecule has 0 saturated heterocycles. The zero-order valence-corrected chi connectivity index (χ0v) is 18.6. The highest BCUT2D eigenvalue weighted by Crippen LogP contribution is 2.14. The number of hydrogen-bond acceptors (Lipinski definition) is 2. The molecule has 0 aromatic heterocycles. The number of hydrogen-bond donors (Lipinski definition) is 4. The summed E-state index contributed by atoms with van der Waals surface area (Å²) in [6.45, 7) is 1.45. The lowest BCUT2D eigenvalue weighted by atomic mass is 10.1. The van der Waals surface area contributed by atoms with E-state index in [-0.39, 0.29) is 0 Å². The summed E-state index contributed by atoms with van der Waals surface area (Å²) in [6, 6.07) is 14.7. The molecule has 2 aromatic carbocycles. The summed E-state index contributed by atoms with van der Waals surface area (Å²) in [5.74, 6) is 0.861. The van der Waals surface area contributed by atoms with Crippen LogP contribution in [0.1, 0.15) is 38.5 Å². The van der Waals surface area contributed by atoms with Gasteiger partial charge in [0, 0.05) is 34.5 Å². The van der Waals surface area contributed by atoms with Crippen LogP contribution in [-0.4, -0.2) is 25.0 Å². The van der Waals surface area contributed by atoms with Crippen LogP contribution in [0.5, 0.6) is 0 Å². The van der Waals surface area contributed by atoms with Crippen molar-refractivity contribution in [3.63, 3.8) is 0 Å². The first kappa shape index (κ1) is 23.8. The van der Waals surface area contributed by atoms with E-state index in [1.807, 2.05) is 48.5 Å². The number of benzene rings is 2. The second-order valence-electron chi connectivity index (χ2n) is 6.92. The van der Waals surface area contributed by atoms with Crippen LogP contribution in [0, 0.1) is 0 Å². The third-order valence-corrected chi connectivity index (χ3v) is 4.87. The molecule has 0 saturated carbocycles. The van der Waals surface area contributed by atoms with E-state index >= 15 is 0 Å². The standard InChI is InChI=1S/C22H30Cl2N6/c23-17-7-11-19(12-8-17)29-21(25)27-15-5-3-1-2-4-6-16-28-22(26)30-20-13-9-18(24)10-14-20/h7-14H,1-6,15-16H2,(H3,25,27,29)(H3,26,28,30). The topological polar surface area (TPSA) is 101 Å². The average molecular weight is 449 g/mol. The summed E-state index contributed by atoms with van der Waals surface area (Å²) in [7, 11) is 0. The van der Waals surface area contributed by atoms with Crippen LogP contribution >= 0.6 is 23.2 Å². The second kappa shape index (κ2) is 13.7. The van der Waals surface area contributed by atoms with Crippen LogP contribution in [0.15, 0.2) is 58.5 Å². The predicted molar refractivity (Wildman–Crippen MR) is 131 cm³/mol. The van der Waals surface area contributed by atoms with E-state index in [1.54, 1.807) is 0 Å². The van der Waals surface area contributed by atoms with Crippen LogP contribution in [0.25, 0.3) is 0 Å². The van der Waals surface area contributed by atoms with Gasteiger partial charge in [0.15, 0.2) is 11.9 Å². The van der Waals surface area contributed by atoms with E-state index in [0.29, 0.717) is 22.0 Å². The molecule has 0 unspecified atom stereocenters. The van der Waals surface area contributed by atoms with Crippen molar-refractivity contribution < 1.29 is 0 Å². The number of guanidine groups is 2. The Hall–Kier alpha value is -2.44. The molecular formula is C22H30Cl2N6. The smallest absolute Gasteiger partial charge is 0.193 e. The highest BCUT2D eigenvalue weighted by atomic mass is 35.5. The van der Waals surface area contributed by atoms with Crippen molar-refractivity contribution in [3.8, 4) is 0 Å². The quantitative estimate of drug-likeness (QED) is 0.207. The average Bonchev–Trinajstić information content (AvgIpc) is 2.73. The molecule has 0 atom stereocenters. The minimum absolute atomic E-state index is 0.431. The number of halogens is 2. The van der Waals surface area contributed by atoms with Gasteiger partial charge in [0.1, 0.15) is 0 Å².